The summed E-state index contributed by atoms with van der Waals surface area (Å²) in [5.41, 5.74) is 25.7. The number of thiophene rings is 4. The molecule has 0 fully saturated rings. The second-order valence-electron chi connectivity index (χ2n) is 32.9. The van der Waals surface area contributed by atoms with Crippen molar-refractivity contribution in [2.75, 3.05) is 54.4 Å². The monoisotopic (exact) mass is 2160 g/mol. The van der Waals surface area contributed by atoms with Crippen LogP contribution in [0.15, 0.2) is 264 Å². The van der Waals surface area contributed by atoms with Crippen LogP contribution in [0, 0.1) is 0 Å². The number of fused-ring (bicyclic) bond motifs is 5. The molecule has 684 valence electrons. The number of carbonyl (C=O) groups is 8. The van der Waals surface area contributed by atoms with Gasteiger partial charge >= 0.3 is 46.1 Å². The number of halogens is 7. The Morgan fingerprint density at radius 1 is 0.379 bits per heavy atom. The van der Waals surface area contributed by atoms with E-state index in [0.29, 0.717) is 71.0 Å². The highest BCUT2D eigenvalue weighted by Gasteiger charge is 2.32. The van der Waals surface area contributed by atoms with Crippen molar-refractivity contribution in [2.24, 2.45) is 0 Å². The van der Waals surface area contributed by atoms with E-state index in [2.05, 4.69) is 192 Å². The topological polar surface area (TPSA) is 262 Å². The summed E-state index contributed by atoms with van der Waals surface area (Å²) < 4.78 is 14.1. The normalized spacial score (nSPS) is 13.2. The summed E-state index contributed by atoms with van der Waals surface area (Å²) in [6.07, 6.45) is 4.63. The summed E-state index contributed by atoms with van der Waals surface area (Å²) in [6.45, 7) is 18.3. The van der Waals surface area contributed by atoms with Crippen LogP contribution in [0.4, 0.5) is 44.0 Å². The van der Waals surface area contributed by atoms with Gasteiger partial charge in [-0.05, 0) is 253 Å². The second-order valence-corrected chi connectivity index (χ2v) is 41.3. The van der Waals surface area contributed by atoms with Gasteiger partial charge in [-0.25, -0.2) is 28.8 Å². The highest BCUT2D eigenvalue weighted by atomic mass is 79.9. The third-order valence-electron chi connectivity index (χ3n) is 21.4. The fourth-order valence-electron chi connectivity index (χ4n) is 14.9. The molecule has 0 spiro atoms. The van der Waals surface area contributed by atoms with Gasteiger partial charge in [0.05, 0.1) is 5.00 Å². The SMILES string of the molecule is CC(C)(C)OC(=O)c1c(-c2ccc(Br)cc2)csc1N.CC(C)(C)OC(=O)c1c(-c2ccc(Br)cc2)csc1NC(=O)N1CCc2ccccc2C1.O=C(Cl)Cl.O=C(Cl)N1CCc2ccccc2C1.O=C(Nc1cc(-c2ccc(Br)cc2)cs1)N1CCc2ccccc2C1.O=C(O)c1c(-c2ccc(Br)cc2)csc1NC(=O)N1CCc2ccccc2C1.c1ccc2c(c1)CCNC2. The highest BCUT2D eigenvalue weighted by molar-refractivity contribution is 9.11. The molecule has 9 aromatic carbocycles. The van der Waals surface area contributed by atoms with Crippen LogP contribution >= 0.6 is 144 Å². The lowest BCUT2D eigenvalue weighted by Gasteiger charge is -2.29. The summed E-state index contributed by atoms with van der Waals surface area (Å²) in [5.74, 6) is -1.89. The molecule has 31 heteroatoms. The van der Waals surface area contributed by atoms with Crippen molar-refractivity contribution in [3.8, 4) is 44.5 Å². The van der Waals surface area contributed by atoms with Gasteiger partial charge in [-0.3, -0.25) is 25.5 Å². The van der Waals surface area contributed by atoms with Crippen molar-refractivity contribution in [1.29, 1.82) is 0 Å². The van der Waals surface area contributed by atoms with Gasteiger partial charge in [0.15, 0.2) is 0 Å². The zero-order valence-electron chi connectivity index (χ0n) is 73.0. The van der Waals surface area contributed by atoms with E-state index >= 15 is 0 Å². The number of hydrogen-bond donors (Lipinski definition) is 6. The van der Waals surface area contributed by atoms with Gasteiger partial charge in [-0.1, -0.05) is 234 Å². The summed E-state index contributed by atoms with van der Waals surface area (Å²) in [4.78, 5) is 103. The number of esters is 2. The fourth-order valence-corrected chi connectivity index (χ4v) is 19.6. The second kappa shape index (κ2) is 47.5. The van der Waals surface area contributed by atoms with Crippen LogP contribution in [-0.2, 0) is 74.3 Å². The van der Waals surface area contributed by atoms with E-state index < -0.39 is 27.8 Å². The first-order chi connectivity index (χ1) is 63.2. The summed E-state index contributed by atoms with van der Waals surface area (Å²) >= 11 is 33.4. The van der Waals surface area contributed by atoms with Gasteiger partial charge in [0, 0.05) is 115 Å². The molecule has 18 rings (SSSR count). The minimum atomic E-state index is -1.06. The smallest absolute Gasteiger partial charge is 0.342 e. The third kappa shape index (κ3) is 28.9. The predicted octanol–water partition coefficient (Wildman–Crippen LogP) is 28.0. The Bertz CT molecular complexity index is 6210. The average molecular weight is 2170 g/mol. The van der Waals surface area contributed by atoms with E-state index in [1.807, 2.05) is 203 Å². The van der Waals surface area contributed by atoms with E-state index in [1.54, 1.807) is 31.4 Å². The molecule has 9 heterocycles. The number of ether oxygens (including phenoxy) is 2. The number of nitrogens with two attached hydrogens (primary N) is 1. The van der Waals surface area contributed by atoms with Crippen molar-refractivity contribution in [2.45, 2.75) is 118 Å². The molecular weight excluding hydrogens is 2070 g/mol. The van der Waals surface area contributed by atoms with Crippen LogP contribution in [-0.4, -0.2) is 115 Å². The highest BCUT2D eigenvalue weighted by Crippen LogP contribution is 2.41. The minimum Gasteiger partial charge on any atom is -0.478 e. The first kappa shape index (κ1) is 101. The van der Waals surface area contributed by atoms with Crippen molar-refractivity contribution in [1.82, 2.24) is 24.9 Å². The number of aromatic carboxylic acids is 1. The van der Waals surface area contributed by atoms with Gasteiger partial charge in [0.2, 0.25) is 0 Å². The van der Waals surface area contributed by atoms with E-state index in [-0.39, 0.29) is 35.0 Å². The van der Waals surface area contributed by atoms with Crippen LogP contribution in [0.5, 0.6) is 0 Å². The Kier molecular flexibility index (Phi) is 36.3. The summed E-state index contributed by atoms with van der Waals surface area (Å²) in [7, 11) is 0. The van der Waals surface area contributed by atoms with Crippen molar-refractivity contribution in [3.63, 3.8) is 0 Å². The molecule has 5 aliphatic heterocycles. The van der Waals surface area contributed by atoms with E-state index in [9.17, 15) is 38.7 Å². The molecule has 0 aliphatic carbocycles. The number of urea groups is 3. The predicted molar refractivity (Wildman–Crippen MR) is 551 cm³/mol. The number of carbonyl (C=O) groups excluding carboxylic acids is 7. The van der Waals surface area contributed by atoms with Crippen LogP contribution in [0.25, 0.3) is 44.5 Å². The number of rotatable bonds is 10. The van der Waals surface area contributed by atoms with E-state index in [0.717, 1.165) is 125 Å². The van der Waals surface area contributed by atoms with E-state index in [1.165, 1.54) is 84.9 Å². The van der Waals surface area contributed by atoms with Crippen LogP contribution < -0.4 is 27.0 Å². The van der Waals surface area contributed by atoms with Crippen molar-refractivity contribution in [3.05, 3.63) is 336 Å². The standard InChI is InChI=1S/C25H25BrN2O3S.C21H17BrN2O3S.C20H17BrN2OS.C15H16BrNO2S.C10H10ClNO.C9H11N.CCl2O/c1-25(2,3)31-23(29)21-20(17-8-10-19(26)11-9-17)15-32-22(21)27-24(30)28-13-12-16-6-4-5-7-18(16)14-28;22-16-7-5-14(6-8-16)17-12-28-19(18(17)20(25)26)23-21(27)24-10-9-13-3-1-2-4-15(13)11-24;21-18-7-5-15(6-8-18)17-11-19(25-13-17)22-20(24)23-10-9-14-3-1-2-4-16(14)12-23;1-15(2,3)19-14(18)12-11(8-20-13(12)17)9-4-6-10(16)7-5-9;11-10(13)12-6-5-8-3-1-2-4-9(8)7-12;1-2-4-9-7-10-6-5-8(9)3-1;2-1(3)4/h4-11,15H,12-14H2,1-3H3,(H,27,30);1-8,12H,9-11H2,(H,23,27)(H,25,26);1-8,11,13H,9-10,12H2,(H,22,24);4-8H,17H2,1-3H3;1-4H,5-7H2;1-4,10H,5-7H2;. The number of nitrogen functional groups attached to an aromatic ring is 1. The molecule has 7 amide bonds. The Morgan fingerprint density at radius 3 is 1.06 bits per heavy atom. The van der Waals surface area contributed by atoms with Crippen molar-refractivity contribution >= 4 is 210 Å². The minimum absolute atomic E-state index is 0.0290. The number of benzene rings is 9. The molecule has 20 nitrogen and oxygen atoms in total. The lowest BCUT2D eigenvalue weighted by Crippen LogP contribution is -2.39. The number of amides is 7. The Labute approximate surface area is 832 Å². The summed E-state index contributed by atoms with van der Waals surface area (Å²) in [6, 6.07) is 74.0. The van der Waals surface area contributed by atoms with E-state index in [4.69, 9.17) is 31.6 Å². The number of nitrogens with zero attached hydrogens (tertiary/aromatic N) is 4. The van der Waals surface area contributed by atoms with Gasteiger partial charge in [0.25, 0.3) is 0 Å². The third-order valence-corrected chi connectivity index (χ3v) is 27.2. The maximum atomic E-state index is 13.1. The molecule has 13 aromatic rings. The molecule has 4 aromatic heterocycles. The van der Waals surface area contributed by atoms with Crippen molar-refractivity contribution < 1.29 is 52.9 Å². The van der Waals surface area contributed by atoms with Gasteiger partial charge in [-0.15, -0.1) is 45.3 Å². The van der Waals surface area contributed by atoms with Gasteiger partial charge in [-0.2, -0.15) is 0 Å². The average Bonchev–Trinajstić information content (AvgIpc) is 1.64. The largest absolute Gasteiger partial charge is 0.478 e. The number of carboxylic acid groups (broad SMARTS) is 1. The molecule has 132 heavy (non-hydrogen) atoms. The van der Waals surface area contributed by atoms with Crippen LogP contribution in [0.3, 0.4) is 0 Å². The van der Waals surface area contributed by atoms with Crippen LogP contribution in [0.2, 0.25) is 0 Å². The molecule has 0 saturated carbocycles. The Morgan fingerprint density at radius 2 is 0.689 bits per heavy atom. The molecule has 0 atom stereocenters. The molecule has 5 aliphatic rings. The zero-order valence-corrected chi connectivity index (χ0v) is 84.8. The Hall–Kier alpha value is -10.3. The maximum Gasteiger partial charge on any atom is 0.342 e. The molecule has 0 bridgehead atoms. The lowest BCUT2D eigenvalue weighted by molar-refractivity contribution is 0.00594. The first-order valence-corrected chi connectivity index (χ1v) is 49.9. The number of anilines is 4. The number of hydrogen-bond acceptors (Lipinski definition) is 16. The number of nitrogens with one attached hydrogen (secondary N) is 4. The molecule has 0 saturated heterocycles. The fraction of sp³-hybridized carbons (Fsp3) is 0.228. The summed E-state index contributed by atoms with van der Waals surface area (Å²) in [5, 5.41) is 31.4. The molecule has 0 radical (unpaired) electrons. The quantitative estimate of drug-likeness (QED) is 0.0423. The van der Waals surface area contributed by atoms with Gasteiger partial charge < -0.3 is 45.2 Å². The molecular formula is C101H96Br4Cl3N9O11S4. The van der Waals surface area contributed by atoms with Crippen LogP contribution in [0.1, 0.15) is 128 Å². The lowest BCUT2D eigenvalue weighted by atomic mass is 10.0. The zero-order chi connectivity index (χ0) is 94.3. The molecule has 7 N–H and O–H groups in total. The first-order valence-electron chi connectivity index (χ1n) is 42.1. The maximum absolute atomic E-state index is 13.1. The number of carboxylic acids is 1. The van der Waals surface area contributed by atoms with Gasteiger partial charge in [0.1, 0.15) is 42.9 Å². The molecule has 0 unspecified atom stereocenters. The Balaban J connectivity index is 0.000000146.